The van der Waals surface area contributed by atoms with Gasteiger partial charge in [-0.2, -0.15) is 0 Å². The minimum atomic E-state index is -0.376. The summed E-state index contributed by atoms with van der Waals surface area (Å²) in [5.41, 5.74) is -0.376. The number of carbonyl (C=O) groups excluding carboxylic acids is 1. The Morgan fingerprint density at radius 2 is 1.89 bits per heavy atom. The minimum absolute atomic E-state index is 0.00711. The number of hydrogen-bond donors (Lipinski definition) is 1. The summed E-state index contributed by atoms with van der Waals surface area (Å²) in [6.45, 7) is 9.01. The van der Waals surface area contributed by atoms with Crippen LogP contribution in [0.1, 0.15) is 46.5 Å². The van der Waals surface area contributed by atoms with E-state index in [2.05, 4.69) is 10.2 Å². The number of ether oxygens (including phenoxy) is 1. The Hall–Kier alpha value is -0.610. The Morgan fingerprint density at radius 3 is 2.50 bits per heavy atom. The fraction of sp³-hybridized carbons (Fsp3) is 0.929. The summed E-state index contributed by atoms with van der Waals surface area (Å²) in [6, 6.07) is 0.554. The second-order valence-corrected chi connectivity index (χ2v) is 6.41. The Balaban J connectivity index is 1.96. The van der Waals surface area contributed by atoms with E-state index in [4.69, 9.17) is 4.74 Å². The average molecular weight is 254 g/mol. The largest absolute Gasteiger partial charge is 0.459 e. The Bertz CT molecular complexity index is 293. The second-order valence-electron chi connectivity index (χ2n) is 6.41. The zero-order valence-corrected chi connectivity index (χ0v) is 11.9. The molecule has 2 rings (SSSR count). The highest BCUT2D eigenvalue weighted by molar-refractivity contribution is 5.76. The highest BCUT2D eigenvalue weighted by atomic mass is 16.6. The third kappa shape index (κ3) is 3.45. The van der Waals surface area contributed by atoms with E-state index in [0.29, 0.717) is 6.04 Å². The van der Waals surface area contributed by atoms with Crippen molar-refractivity contribution in [3.63, 3.8) is 0 Å². The van der Waals surface area contributed by atoms with Crippen LogP contribution in [0.2, 0.25) is 0 Å². The van der Waals surface area contributed by atoms with E-state index in [1.807, 2.05) is 20.8 Å². The predicted molar refractivity (Wildman–Crippen MR) is 71.5 cm³/mol. The van der Waals surface area contributed by atoms with Gasteiger partial charge < -0.3 is 10.1 Å². The van der Waals surface area contributed by atoms with Crippen molar-refractivity contribution in [2.45, 2.75) is 64.1 Å². The Labute approximate surface area is 110 Å². The molecule has 0 amide bonds. The third-order valence-corrected chi connectivity index (χ3v) is 3.75. The maximum absolute atomic E-state index is 12.2. The van der Waals surface area contributed by atoms with Crippen LogP contribution in [0.4, 0.5) is 0 Å². The number of likely N-dealkylation sites (tertiary alicyclic amines) is 1. The summed E-state index contributed by atoms with van der Waals surface area (Å²) in [4.78, 5) is 14.6. The lowest BCUT2D eigenvalue weighted by Crippen LogP contribution is -2.49. The standard InChI is InChI=1S/C14H26N2O2/c1-14(2,3)18-13(17)12-5-4-10-16(12)11-6-8-15-9-7-11/h11-12,15H,4-10H2,1-3H3. The van der Waals surface area contributed by atoms with Gasteiger partial charge in [-0.15, -0.1) is 0 Å². The SMILES string of the molecule is CC(C)(C)OC(=O)C1CCCN1C1CCNCC1. The van der Waals surface area contributed by atoms with Crippen molar-refractivity contribution in [3.05, 3.63) is 0 Å². The molecular weight excluding hydrogens is 228 g/mol. The van der Waals surface area contributed by atoms with Gasteiger partial charge in [0.25, 0.3) is 0 Å². The van der Waals surface area contributed by atoms with Crippen molar-refractivity contribution in [1.29, 1.82) is 0 Å². The first-order valence-corrected chi connectivity index (χ1v) is 7.17. The average Bonchev–Trinajstić information content (AvgIpc) is 2.76. The van der Waals surface area contributed by atoms with Gasteiger partial charge >= 0.3 is 5.97 Å². The molecule has 2 aliphatic heterocycles. The number of carbonyl (C=O) groups is 1. The first-order valence-electron chi connectivity index (χ1n) is 7.17. The van der Waals surface area contributed by atoms with Crippen LogP contribution in [-0.2, 0) is 9.53 Å². The monoisotopic (exact) mass is 254 g/mol. The molecule has 1 unspecified atom stereocenters. The van der Waals surface area contributed by atoms with E-state index < -0.39 is 0 Å². The molecule has 0 aromatic rings. The topological polar surface area (TPSA) is 41.6 Å². The van der Waals surface area contributed by atoms with Gasteiger partial charge in [0.15, 0.2) is 0 Å². The maximum atomic E-state index is 12.2. The van der Waals surface area contributed by atoms with E-state index in [-0.39, 0.29) is 17.6 Å². The number of nitrogens with one attached hydrogen (secondary N) is 1. The molecule has 0 radical (unpaired) electrons. The van der Waals surface area contributed by atoms with Gasteiger partial charge in [0.05, 0.1) is 0 Å². The Kier molecular flexibility index (Phi) is 4.28. The van der Waals surface area contributed by atoms with Crippen LogP contribution in [0.5, 0.6) is 0 Å². The molecule has 0 bridgehead atoms. The van der Waals surface area contributed by atoms with Crippen molar-refractivity contribution >= 4 is 5.97 Å². The molecule has 4 heteroatoms. The molecule has 2 saturated heterocycles. The third-order valence-electron chi connectivity index (χ3n) is 3.75. The lowest BCUT2D eigenvalue weighted by molar-refractivity contribution is -0.161. The molecule has 0 aromatic heterocycles. The molecule has 4 nitrogen and oxygen atoms in total. The van der Waals surface area contributed by atoms with Crippen LogP contribution in [0, 0.1) is 0 Å². The Morgan fingerprint density at radius 1 is 1.22 bits per heavy atom. The fourth-order valence-electron chi connectivity index (χ4n) is 2.99. The van der Waals surface area contributed by atoms with E-state index in [0.717, 1.165) is 45.3 Å². The molecule has 2 aliphatic rings. The number of esters is 1. The molecule has 2 fully saturated rings. The summed E-state index contributed by atoms with van der Waals surface area (Å²) in [5, 5.41) is 3.38. The van der Waals surface area contributed by atoms with E-state index in [1.165, 1.54) is 0 Å². The van der Waals surface area contributed by atoms with Gasteiger partial charge in [-0.25, -0.2) is 0 Å². The van der Waals surface area contributed by atoms with Crippen molar-refractivity contribution in [3.8, 4) is 0 Å². The molecule has 104 valence electrons. The van der Waals surface area contributed by atoms with Gasteiger partial charge in [0.2, 0.25) is 0 Å². The smallest absolute Gasteiger partial charge is 0.323 e. The van der Waals surface area contributed by atoms with Crippen LogP contribution in [-0.4, -0.2) is 48.2 Å². The highest BCUT2D eigenvalue weighted by Gasteiger charge is 2.37. The van der Waals surface area contributed by atoms with Crippen molar-refractivity contribution < 1.29 is 9.53 Å². The fourth-order valence-corrected chi connectivity index (χ4v) is 2.99. The van der Waals surface area contributed by atoms with Gasteiger partial charge in [-0.05, 0) is 66.1 Å². The summed E-state index contributed by atoms with van der Waals surface area (Å²) in [6.07, 6.45) is 4.38. The highest BCUT2D eigenvalue weighted by Crippen LogP contribution is 2.26. The van der Waals surface area contributed by atoms with Crippen LogP contribution in [0.15, 0.2) is 0 Å². The number of nitrogens with zero attached hydrogens (tertiary/aromatic N) is 1. The molecular formula is C14H26N2O2. The van der Waals surface area contributed by atoms with Gasteiger partial charge in [-0.3, -0.25) is 9.69 Å². The zero-order valence-electron chi connectivity index (χ0n) is 11.9. The van der Waals surface area contributed by atoms with Crippen LogP contribution >= 0.6 is 0 Å². The summed E-state index contributed by atoms with van der Waals surface area (Å²) in [7, 11) is 0. The molecule has 1 atom stereocenters. The van der Waals surface area contributed by atoms with Crippen molar-refractivity contribution in [2.75, 3.05) is 19.6 Å². The molecule has 0 saturated carbocycles. The number of rotatable bonds is 2. The first kappa shape index (κ1) is 13.8. The lowest BCUT2D eigenvalue weighted by Gasteiger charge is -2.35. The molecule has 2 heterocycles. The molecule has 0 spiro atoms. The van der Waals surface area contributed by atoms with Crippen LogP contribution in [0.3, 0.4) is 0 Å². The van der Waals surface area contributed by atoms with Crippen molar-refractivity contribution in [1.82, 2.24) is 10.2 Å². The van der Waals surface area contributed by atoms with Crippen LogP contribution < -0.4 is 5.32 Å². The second kappa shape index (κ2) is 5.57. The lowest BCUT2D eigenvalue weighted by atomic mass is 10.0. The summed E-state index contributed by atoms with van der Waals surface area (Å²) < 4.78 is 5.55. The van der Waals surface area contributed by atoms with Gasteiger partial charge in [-0.1, -0.05) is 0 Å². The summed E-state index contributed by atoms with van der Waals surface area (Å²) in [5.74, 6) is -0.0291. The van der Waals surface area contributed by atoms with Crippen molar-refractivity contribution in [2.24, 2.45) is 0 Å². The summed E-state index contributed by atoms with van der Waals surface area (Å²) >= 11 is 0. The van der Waals surface area contributed by atoms with Crippen LogP contribution in [0.25, 0.3) is 0 Å². The molecule has 0 aliphatic carbocycles. The minimum Gasteiger partial charge on any atom is -0.459 e. The van der Waals surface area contributed by atoms with E-state index >= 15 is 0 Å². The number of hydrogen-bond acceptors (Lipinski definition) is 4. The first-order chi connectivity index (χ1) is 8.47. The zero-order chi connectivity index (χ0) is 13.2. The van der Waals surface area contributed by atoms with Gasteiger partial charge in [0.1, 0.15) is 11.6 Å². The van der Waals surface area contributed by atoms with E-state index in [9.17, 15) is 4.79 Å². The predicted octanol–water partition coefficient (Wildman–Crippen LogP) is 1.54. The number of piperidine rings is 1. The molecule has 1 N–H and O–H groups in total. The van der Waals surface area contributed by atoms with E-state index in [1.54, 1.807) is 0 Å². The molecule has 18 heavy (non-hydrogen) atoms. The normalized spacial score (nSPS) is 27.4. The quantitative estimate of drug-likeness (QED) is 0.759. The van der Waals surface area contributed by atoms with Gasteiger partial charge in [0, 0.05) is 6.04 Å². The molecule has 0 aromatic carbocycles. The maximum Gasteiger partial charge on any atom is 0.323 e.